The van der Waals surface area contributed by atoms with E-state index in [-0.39, 0.29) is 11.9 Å². The number of likely N-dealkylation sites (N-methyl/N-ethyl adjacent to an activating group) is 1. The van der Waals surface area contributed by atoms with E-state index in [9.17, 15) is 10.1 Å². The molecule has 0 N–H and O–H groups in total. The number of amides is 1. The molecule has 5 nitrogen and oxygen atoms in total. The third kappa shape index (κ3) is 2.97. The monoisotopic (exact) mass is 279 g/mol. The zero-order chi connectivity index (χ0) is 14.6. The maximum absolute atomic E-state index is 13.0. The van der Waals surface area contributed by atoms with Crippen molar-refractivity contribution in [2.75, 3.05) is 39.9 Å². The van der Waals surface area contributed by atoms with Crippen LogP contribution in [0.1, 0.15) is 32.6 Å². The lowest BCUT2D eigenvalue weighted by atomic mass is 9.80. The van der Waals surface area contributed by atoms with Crippen molar-refractivity contribution in [1.82, 2.24) is 9.80 Å². The van der Waals surface area contributed by atoms with Crippen molar-refractivity contribution >= 4 is 5.91 Å². The Morgan fingerprint density at radius 1 is 1.40 bits per heavy atom. The van der Waals surface area contributed by atoms with Crippen molar-refractivity contribution in [3.8, 4) is 6.07 Å². The van der Waals surface area contributed by atoms with Gasteiger partial charge in [0.25, 0.3) is 0 Å². The first kappa shape index (κ1) is 15.3. The summed E-state index contributed by atoms with van der Waals surface area (Å²) in [7, 11) is 2.10. The molecule has 1 atom stereocenters. The van der Waals surface area contributed by atoms with Crippen LogP contribution in [0, 0.1) is 16.7 Å². The highest BCUT2D eigenvalue weighted by Crippen LogP contribution is 2.33. The summed E-state index contributed by atoms with van der Waals surface area (Å²) < 4.78 is 5.33. The summed E-state index contributed by atoms with van der Waals surface area (Å²) in [6, 6.07) is 2.53. The number of ether oxygens (including phenoxy) is 1. The first-order chi connectivity index (χ1) is 9.63. The fourth-order valence-corrected chi connectivity index (χ4v) is 3.23. The highest BCUT2D eigenvalue weighted by Gasteiger charge is 2.44. The van der Waals surface area contributed by atoms with E-state index in [1.54, 1.807) is 0 Å². The Kier molecular flexibility index (Phi) is 5.00. The molecule has 2 heterocycles. The van der Waals surface area contributed by atoms with Gasteiger partial charge >= 0.3 is 0 Å². The molecule has 0 aromatic rings. The molecular formula is C15H25N3O2. The van der Waals surface area contributed by atoms with E-state index >= 15 is 0 Å². The molecule has 0 saturated carbocycles. The molecule has 0 aromatic heterocycles. The standard InChI is InChI=1S/C15H25N3O2/c1-3-13-11-17(2)7-4-8-18(13)14(19)15(12-16)5-9-20-10-6-15/h13H,3-11H2,1-2H3. The lowest BCUT2D eigenvalue weighted by Gasteiger charge is -2.38. The molecule has 2 fully saturated rings. The second-order valence-corrected chi connectivity index (χ2v) is 5.98. The predicted molar refractivity (Wildman–Crippen MR) is 76.0 cm³/mol. The SMILES string of the molecule is CCC1CN(C)CCCN1C(=O)C1(C#N)CCOCC1. The van der Waals surface area contributed by atoms with E-state index in [1.807, 2.05) is 4.90 Å². The van der Waals surface area contributed by atoms with Crippen LogP contribution in [0.4, 0.5) is 0 Å². The summed E-state index contributed by atoms with van der Waals surface area (Å²) in [6.45, 7) is 5.84. The van der Waals surface area contributed by atoms with Crippen LogP contribution in [0.5, 0.6) is 0 Å². The first-order valence-electron chi connectivity index (χ1n) is 7.61. The van der Waals surface area contributed by atoms with Gasteiger partial charge in [0.15, 0.2) is 0 Å². The summed E-state index contributed by atoms with van der Waals surface area (Å²) in [6.07, 6.45) is 2.99. The molecule has 1 amide bonds. The van der Waals surface area contributed by atoms with Crippen LogP contribution in [0.2, 0.25) is 0 Å². The van der Waals surface area contributed by atoms with Gasteiger partial charge in [-0.1, -0.05) is 6.92 Å². The molecule has 2 saturated heterocycles. The Bertz CT molecular complexity index is 385. The Balaban J connectivity index is 2.18. The molecule has 1 unspecified atom stereocenters. The quantitative estimate of drug-likeness (QED) is 0.763. The maximum Gasteiger partial charge on any atom is 0.243 e. The van der Waals surface area contributed by atoms with Crippen molar-refractivity contribution in [3.63, 3.8) is 0 Å². The number of carbonyl (C=O) groups excluding carboxylic acids is 1. The second-order valence-electron chi connectivity index (χ2n) is 5.98. The number of rotatable bonds is 2. The molecule has 0 aromatic carbocycles. The summed E-state index contributed by atoms with van der Waals surface area (Å²) in [5.74, 6) is 0.0328. The largest absolute Gasteiger partial charge is 0.381 e. The smallest absolute Gasteiger partial charge is 0.243 e. The van der Waals surface area contributed by atoms with Crippen LogP contribution in [0.25, 0.3) is 0 Å². The van der Waals surface area contributed by atoms with Gasteiger partial charge in [0.1, 0.15) is 5.41 Å². The number of hydrogen-bond donors (Lipinski definition) is 0. The highest BCUT2D eigenvalue weighted by atomic mass is 16.5. The van der Waals surface area contributed by atoms with E-state index < -0.39 is 5.41 Å². The number of nitrogens with zero attached hydrogens (tertiary/aromatic N) is 3. The molecule has 0 bridgehead atoms. The zero-order valence-electron chi connectivity index (χ0n) is 12.6. The second kappa shape index (κ2) is 6.55. The van der Waals surface area contributed by atoms with Gasteiger partial charge < -0.3 is 14.5 Å². The van der Waals surface area contributed by atoms with Gasteiger partial charge in [-0.05, 0) is 39.3 Å². The Morgan fingerprint density at radius 2 is 2.10 bits per heavy atom. The Hall–Kier alpha value is -1.12. The van der Waals surface area contributed by atoms with Gasteiger partial charge in [0.2, 0.25) is 5.91 Å². The van der Waals surface area contributed by atoms with Gasteiger partial charge in [0, 0.05) is 32.3 Å². The fraction of sp³-hybridized carbons (Fsp3) is 0.867. The van der Waals surface area contributed by atoms with Crippen molar-refractivity contribution in [2.24, 2.45) is 5.41 Å². The Labute approximate surface area is 121 Å². The molecule has 5 heteroatoms. The minimum absolute atomic E-state index is 0.0328. The van der Waals surface area contributed by atoms with Crippen molar-refractivity contribution < 1.29 is 9.53 Å². The molecule has 20 heavy (non-hydrogen) atoms. The van der Waals surface area contributed by atoms with Gasteiger partial charge in [0.05, 0.1) is 6.07 Å². The van der Waals surface area contributed by atoms with E-state index in [4.69, 9.17) is 4.74 Å². The van der Waals surface area contributed by atoms with Crippen LogP contribution in [-0.4, -0.2) is 61.6 Å². The highest BCUT2D eigenvalue weighted by molar-refractivity contribution is 5.86. The van der Waals surface area contributed by atoms with Gasteiger partial charge in [-0.2, -0.15) is 5.26 Å². The van der Waals surface area contributed by atoms with E-state index in [0.29, 0.717) is 26.1 Å². The number of nitriles is 1. The first-order valence-corrected chi connectivity index (χ1v) is 7.61. The van der Waals surface area contributed by atoms with Gasteiger partial charge in [-0.15, -0.1) is 0 Å². The van der Waals surface area contributed by atoms with Crippen LogP contribution < -0.4 is 0 Å². The van der Waals surface area contributed by atoms with Crippen molar-refractivity contribution in [1.29, 1.82) is 5.26 Å². The third-order valence-corrected chi connectivity index (χ3v) is 4.60. The lowest BCUT2D eigenvalue weighted by Crippen LogP contribution is -2.51. The minimum Gasteiger partial charge on any atom is -0.381 e. The molecule has 2 aliphatic heterocycles. The molecule has 0 aliphatic carbocycles. The molecular weight excluding hydrogens is 254 g/mol. The summed E-state index contributed by atoms with van der Waals surface area (Å²) in [5.41, 5.74) is -0.853. The summed E-state index contributed by atoms with van der Waals surface area (Å²) in [5, 5.41) is 9.56. The zero-order valence-corrected chi connectivity index (χ0v) is 12.6. The van der Waals surface area contributed by atoms with Crippen LogP contribution in [0.15, 0.2) is 0 Å². The van der Waals surface area contributed by atoms with Crippen LogP contribution in [-0.2, 0) is 9.53 Å². The summed E-state index contributed by atoms with van der Waals surface area (Å²) >= 11 is 0. The minimum atomic E-state index is -0.853. The molecule has 112 valence electrons. The van der Waals surface area contributed by atoms with E-state index in [0.717, 1.165) is 32.5 Å². The molecule has 0 spiro atoms. The molecule has 2 aliphatic rings. The van der Waals surface area contributed by atoms with Crippen molar-refractivity contribution in [3.05, 3.63) is 0 Å². The fourth-order valence-electron chi connectivity index (χ4n) is 3.23. The third-order valence-electron chi connectivity index (χ3n) is 4.60. The maximum atomic E-state index is 13.0. The molecule has 2 rings (SSSR count). The van der Waals surface area contributed by atoms with Crippen LogP contribution >= 0.6 is 0 Å². The topological polar surface area (TPSA) is 56.6 Å². The lowest BCUT2D eigenvalue weighted by molar-refractivity contribution is -0.145. The summed E-state index contributed by atoms with van der Waals surface area (Å²) in [4.78, 5) is 17.2. The number of hydrogen-bond acceptors (Lipinski definition) is 4. The predicted octanol–water partition coefficient (Wildman–Crippen LogP) is 1.25. The average Bonchev–Trinajstić information content (AvgIpc) is 2.68. The number of carbonyl (C=O) groups is 1. The average molecular weight is 279 g/mol. The van der Waals surface area contributed by atoms with E-state index in [2.05, 4.69) is 24.9 Å². The Morgan fingerprint density at radius 3 is 2.70 bits per heavy atom. The normalized spacial score (nSPS) is 27.6. The van der Waals surface area contributed by atoms with E-state index in [1.165, 1.54) is 0 Å². The van der Waals surface area contributed by atoms with Crippen molar-refractivity contribution in [2.45, 2.75) is 38.6 Å². The van der Waals surface area contributed by atoms with Crippen LogP contribution in [0.3, 0.4) is 0 Å². The molecule has 0 radical (unpaired) electrons. The van der Waals surface area contributed by atoms with Gasteiger partial charge in [-0.25, -0.2) is 0 Å². The van der Waals surface area contributed by atoms with Gasteiger partial charge in [-0.3, -0.25) is 4.79 Å².